The molecule has 2 rings (SSSR count). The summed E-state index contributed by atoms with van der Waals surface area (Å²) in [6, 6.07) is 14.9. The lowest BCUT2D eigenvalue weighted by molar-refractivity contribution is 0.546. The van der Waals surface area contributed by atoms with E-state index >= 15 is 0 Å². The number of hydrogen-bond donors (Lipinski definition) is 2. The molecule has 0 saturated heterocycles. The summed E-state index contributed by atoms with van der Waals surface area (Å²) in [5, 5.41) is 3.42. The van der Waals surface area contributed by atoms with Crippen LogP contribution in [-0.4, -0.2) is 12.6 Å². The molecule has 0 aliphatic carbocycles. The van der Waals surface area contributed by atoms with Crippen LogP contribution in [0.25, 0.3) is 0 Å². The summed E-state index contributed by atoms with van der Waals surface area (Å²) in [4.78, 5) is 1.34. The van der Waals surface area contributed by atoms with Crippen LogP contribution in [-0.2, 0) is 13.0 Å². The molecule has 0 saturated carbocycles. The third-order valence-electron chi connectivity index (χ3n) is 2.98. The van der Waals surface area contributed by atoms with Gasteiger partial charge >= 0.3 is 0 Å². The number of nitrogens with one attached hydrogen (secondary N) is 1. The Bertz CT molecular complexity index is 484. The van der Waals surface area contributed by atoms with Crippen LogP contribution >= 0.6 is 27.3 Å². The van der Waals surface area contributed by atoms with Crippen molar-refractivity contribution in [1.82, 2.24) is 5.32 Å². The minimum atomic E-state index is 0.212. The lowest BCUT2D eigenvalue weighted by Crippen LogP contribution is -2.33. The SMILES string of the molecule is NC(CCc1ccccc1)CNCc1ccc(Br)s1. The highest BCUT2D eigenvalue weighted by Crippen LogP contribution is 2.21. The Kier molecular flexibility index (Phi) is 6.04. The van der Waals surface area contributed by atoms with Crippen molar-refractivity contribution in [2.24, 2.45) is 5.73 Å². The fourth-order valence-corrected chi connectivity index (χ4v) is 3.38. The van der Waals surface area contributed by atoms with Gasteiger partial charge in [-0.15, -0.1) is 11.3 Å². The molecule has 1 unspecified atom stereocenters. The van der Waals surface area contributed by atoms with E-state index in [0.717, 1.165) is 25.9 Å². The second-order valence-electron chi connectivity index (χ2n) is 4.62. The molecule has 4 heteroatoms. The summed E-state index contributed by atoms with van der Waals surface area (Å²) in [7, 11) is 0. The predicted octanol–water partition coefficient (Wildman–Crippen LogP) is 3.56. The summed E-state index contributed by atoms with van der Waals surface area (Å²) in [5.41, 5.74) is 7.48. The van der Waals surface area contributed by atoms with Crippen LogP contribution in [0.5, 0.6) is 0 Å². The van der Waals surface area contributed by atoms with E-state index in [9.17, 15) is 0 Å². The van der Waals surface area contributed by atoms with Crippen molar-refractivity contribution in [2.75, 3.05) is 6.54 Å². The van der Waals surface area contributed by atoms with Crippen LogP contribution in [0.2, 0.25) is 0 Å². The zero-order valence-electron chi connectivity index (χ0n) is 10.8. The number of nitrogens with two attached hydrogens (primary N) is 1. The van der Waals surface area contributed by atoms with Gasteiger partial charge in [-0.25, -0.2) is 0 Å². The second kappa shape index (κ2) is 7.80. The standard InChI is InChI=1S/C15H19BrN2S/c16-15-9-8-14(19-15)11-18-10-13(17)7-6-12-4-2-1-3-5-12/h1-5,8-9,13,18H,6-7,10-11,17H2. The highest BCUT2D eigenvalue weighted by Gasteiger charge is 2.03. The van der Waals surface area contributed by atoms with Gasteiger partial charge in [0.1, 0.15) is 0 Å². The molecule has 2 nitrogen and oxygen atoms in total. The van der Waals surface area contributed by atoms with Crippen LogP contribution < -0.4 is 11.1 Å². The maximum atomic E-state index is 6.12. The molecule has 2 aromatic rings. The average molecular weight is 339 g/mol. The predicted molar refractivity (Wildman–Crippen MR) is 86.5 cm³/mol. The van der Waals surface area contributed by atoms with Crippen molar-refractivity contribution < 1.29 is 0 Å². The van der Waals surface area contributed by atoms with E-state index in [-0.39, 0.29) is 6.04 Å². The van der Waals surface area contributed by atoms with Gasteiger partial charge in [-0.2, -0.15) is 0 Å². The Labute approximate surface area is 127 Å². The number of aryl methyl sites for hydroxylation is 1. The van der Waals surface area contributed by atoms with Gasteiger partial charge < -0.3 is 11.1 Å². The van der Waals surface area contributed by atoms with Crippen LogP contribution in [0, 0.1) is 0 Å². The van der Waals surface area contributed by atoms with Crippen molar-refractivity contribution in [3.05, 3.63) is 56.7 Å². The molecule has 1 aromatic heterocycles. The average Bonchev–Trinajstić information content (AvgIpc) is 2.83. The van der Waals surface area contributed by atoms with E-state index in [1.54, 1.807) is 11.3 Å². The molecular weight excluding hydrogens is 320 g/mol. The van der Waals surface area contributed by atoms with E-state index in [1.165, 1.54) is 14.2 Å². The fraction of sp³-hybridized carbons (Fsp3) is 0.333. The normalized spacial score (nSPS) is 12.5. The van der Waals surface area contributed by atoms with E-state index in [2.05, 4.69) is 57.6 Å². The summed E-state index contributed by atoms with van der Waals surface area (Å²) in [5.74, 6) is 0. The molecule has 1 atom stereocenters. The molecule has 0 fully saturated rings. The Hall–Kier alpha value is -0.680. The first-order valence-corrected chi connectivity index (χ1v) is 8.09. The Morgan fingerprint density at radius 3 is 2.63 bits per heavy atom. The molecule has 1 heterocycles. The minimum absolute atomic E-state index is 0.212. The topological polar surface area (TPSA) is 38.0 Å². The van der Waals surface area contributed by atoms with Gasteiger partial charge in [0.15, 0.2) is 0 Å². The van der Waals surface area contributed by atoms with Gasteiger partial charge in [0.2, 0.25) is 0 Å². The first-order chi connectivity index (χ1) is 9.24. The van der Waals surface area contributed by atoms with Crippen LogP contribution in [0.15, 0.2) is 46.3 Å². The quantitative estimate of drug-likeness (QED) is 0.809. The smallest absolute Gasteiger partial charge is 0.0701 e. The Balaban J connectivity index is 1.63. The molecular formula is C15H19BrN2S. The number of halogens is 1. The van der Waals surface area contributed by atoms with E-state index in [0.29, 0.717) is 0 Å². The highest BCUT2D eigenvalue weighted by atomic mass is 79.9. The Morgan fingerprint density at radius 2 is 1.95 bits per heavy atom. The summed E-state index contributed by atoms with van der Waals surface area (Å²) < 4.78 is 1.18. The monoisotopic (exact) mass is 338 g/mol. The molecule has 3 N–H and O–H groups in total. The molecule has 19 heavy (non-hydrogen) atoms. The van der Waals surface area contributed by atoms with Gasteiger partial charge in [0.25, 0.3) is 0 Å². The number of thiophene rings is 1. The second-order valence-corrected chi connectivity index (χ2v) is 7.17. The molecule has 0 spiro atoms. The largest absolute Gasteiger partial charge is 0.327 e. The van der Waals surface area contributed by atoms with Gasteiger partial charge in [-0.1, -0.05) is 30.3 Å². The number of benzene rings is 1. The van der Waals surface area contributed by atoms with Gasteiger partial charge in [0.05, 0.1) is 3.79 Å². The molecule has 0 amide bonds. The Morgan fingerprint density at radius 1 is 1.16 bits per heavy atom. The third-order valence-corrected chi connectivity index (χ3v) is 4.60. The first-order valence-electron chi connectivity index (χ1n) is 6.48. The van der Waals surface area contributed by atoms with Crippen LogP contribution in [0.1, 0.15) is 16.9 Å². The van der Waals surface area contributed by atoms with Crippen molar-refractivity contribution >= 4 is 27.3 Å². The van der Waals surface area contributed by atoms with Crippen LogP contribution in [0.4, 0.5) is 0 Å². The van der Waals surface area contributed by atoms with E-state index < -0.39 is 0 Å². The molecule has 1 aromatic carbocycles. The van der Waals surface area contributed by atoms with Crippen molar-refractivity contribution in [3.63, 3.8) is 0 Å². The molecule has 0 bridgehead atoms. The first kappa shape index (κ1) is 14.7. The molecule has 102 valence electrons. The maximum absolute atomic E-state index is 6.12. The van der Waals surface area contributed by atoms with Crippen molar-refractivity contribution in [3.8, 4) is 0 Å². The number of hydrogen-bond acceptors (Lipinski definition) is 3. The van der Waals surface area contributed by atoms with Gasteiger partial charge in [0, 0.05) is 24.0 Å². The lowest BCUT2D eigenvalue weighted by Gasteiger charge is -2.12. The lowest BCUT2D eigenvalue weighted by atomic mass is 10.1. The summed E-state index contributed by atoms with van der Waals surface area (Å²) in [6.45, 7) is 1.76. The zero-order valence-corrected chi connectivity index (χ0v) is 13.2. The van der Waals surface area contributed by atoms with Gasteiger partial charge in [-0.05, 0) is 46.5 Å². The minimum Gasteiger partial charge on any atom is -0.327 e. The van der Waals surface area contributed by atoms with Gasteiger partial charge in [-0.3, -0.25) is 0 Å². The molecule has 0 aliphatic heterocycles. The molecule has 0 radical (unpaired) electrons. The zero-order chi connectivity index (χ0) is 13.5. The summed E-state index contributed by atoms with van der Waals surface area (Å²) in [6.07, 6.45) is 2.07. The van der Waals surface area contributed by atoms with Crippen molar-refractivity contribution in [2.45, 2.75) is 25.4 Å². The fourth-order valence-electron chi connectivity index (χ4n) is 1.93. The maximum Gasteiger partial charge on any atom is 0.0701 e. The molecule has 0 aliphatic rings. The van der Waals surface area contributed by atoms with E-state index in [1.807, 2.05) is 6.07 Å². The summed E-state index contributed by atoms with van der Waals surface area (Å²) >= 11 is 5.23. The van der Waals surface area contributed by atoms with Crippen LogP contribution in [0.3, 0.4) is 0 Å². The highest BCUT2D eigenvalue weighted by molar-refractivity contribution is 9.11. The van der Waals surface area contributed by atoms with Crippen molar-refractivity contribution in [1.29, 1.82) is 0 Å². The third kappa shape index (κ3) is 5.45. The van der Waals surface area contributed by atoms with E-state index in [4.69, 9.17) is 5.73 Å². The number of rotatable bonds is 7.